The minimum Gasteiger partial charge on any atom is -0.389 e. The summed E-state index contributed by atoms with van der Waals surface area (Å²) in [6.45, 7) is 12.3. The molecule has 1 aliphatic heterocycles. The van der Waals surface area contributed by atoms with Crippen LogP contribution in [0.25, 0.3) is 0 Å². The number of ether oxygens (including phenoxy) is 1. The fourth-order valence-corrected chi connectivity index (χ4v) is 3.79. The molecule has 124 valence electrons. The van der Waals surface area contributed by atoms with Crippen LogP contribution in [-0.4, -0.2) is 61.5 Å². The maximum atomic E-state index is 10.2. The Morgan fingerprint density at radius 1 is 1.24 bits per heavy atom. The molecule has 0 aromatic carbocycles. The average molecular weight is 298 g/mol. The lowest BCUT2D eigenvalue weighted by atomic mass is 9.75. The van der Waals surface area contributed by atoms with Gasteiger partial charge >= 0.3 is 0 Å². The zero-order valence-electron chi connectivity index (χ0n) is 14.1. The molecule has 4 atom stereocenters. The minimum absolute atomic E-state index is 0.339. The Balaban J connectivity index is 1.73. The van der Waals surface area contributed by atoms with Gasteiger partial charge in [0.25, 0.3) is 0 Å². The lowest BCUT2D eigenvalue weighted by Crippen LogP contribution is -2.47. The summed E-state index contributed by atoms with van der Waals surface area (Å²) >= 11 is 0. The number of aliphatic hydroxyl groups is 1. The van der Waals surface area contributed by atoms with Crippen LogP contribution in [0.3, 0.4) is 0 Å². The summed E-state index contributed by atoms with van der Waals surface area (Å²) in [6.07, 6.45) is 3.74. The van der Waals surface area contributed by atoms with Gasteiger partial charge in [-0.3, -0.25) is 4.90 Å². The Morgan fingerprint density at radius 3 is 2.62 bits per heavy atom. The highest BCUT2D eigenvalue weighted by Gasteiger charge is 2.31. The van der Waals surface area contributed by atoms with E-state index in [2.05, 4.69) is 31.0 Å². The SMILES string of the molecule is CC1CCC(C(C)C)C(OCC(O)CN2CCNCC2)C1. The normalized spacial score (nSPS) is 33.3. The van der Waals surface area contributed by atoms with Gasteiger partial charge in [0.05, 0.1) is 18.8 Å². The first-order valence-corrected chi connectivity index (χ1v) is 8.79. The first-order valence-electron chi connectivity index (χ1n) is 8.79. The van der Waals surface area contributed by atoms with E-state index >= 15 is 0 Å². The van der Waals surface area contributed by atoms with Crippen molar-refractivity contribution in [1.29, 1.82) is 0 Å². The Morgan fingerprint density at radius 2 is 1.95 bits per heavy atom. The minimum atomic E-state index is -0.354. The van der Waals surface area contributed by atoms with Gasteiger partial charge in [0.1, 0.15) is 0 Å². The summed E-state index contributed by atoms with van der Waals surface area (Å²) in [7, 11) is 0. The highest BCUT2D eigenvalue weighted by Crippen LogP contribution is 2.35. The molecule has 2 N–H and O–H groups in total. The van der Waals surface area contributed by atoms with Gasteiger partial charge in [-0.2, -0.15) is 0 Å². The van der Waals surface area contributed by atoms with Crippen molar-refractivity contribution in [3.63, 3.8) is 0 Å². The molecular formula is C17H34N2O2. The van der Waals surface area contributed by atoms with Crippen molar-refractivity contribution in [3.05, 3.63) is 0 Å². The third-order valence-corrected chi connectivity index (χ3v) is 5.14. The van der Waals surface area contributed by atoms with Gasteiger partial charge in [0.2, 0.25) is 0 Å². The summed E-state index contributed by atoms with van der Waals surface area (Å²) < 4.78 is 6.14. The van der Waals surface area contributed by atoms with E-state index < -0.39 is 0 Å². The number of nitrogens with zero attached hydrogens (tertiary/aromatic N) is 1. The van der Waals surface area contributed by atoms with Crippen molar-refractivity contribution in [2.45, 2.75) is 52.2 Å². The summed E-state index contributed by atoms with van der Waals surface area (Å²) in [5, 5.41) is 13.6. The van der Waals surface area contributed by atoms with Gasteiger partial charge < -0.3 is 15.2 Å². The number of aliphatic hydroxyl groups excluding tert-OH is 1. The summed E-state index contributed by atoms with van der Waals surface area (Å²) in [4.78, 5) is 2.33. The van der Waals surface area contributed by atoms with Crippen LogP contribution in [0.2, 0.25) is 0 Å². The molecule has 0 radical (unpaired) electrons. The van der Waals surface area contributed by atoms with Gasteiger partial charge in [0.15, 0.2) is 0 Å². The van der Waals surface area contributed by atoms with E-state index in [1.54, 1.807) is 0 Å². The van der Waals surface area contributed by atoms with Crippen LogP contribution >= 0.6 is 0 Å². The fourth-order valence-electron chi connectivity index (χ4n) is 3.79. The van der Waals surface area contributed by atoms with E-state index in [0.29, 0.717) is 24.5 Å². The van der Waals surface area contributed by atoms with E-state index in [0.717, 1.165) is 45.1 Å². The van der Waals surface area contributed by atoms with E-state index in [9.17, 15) is 5.11 Å². The second-order valence-corrected chi connectivity index (χ2v) is 7.40. The third kappa shape index (κ3) is 5.51. The monoisotopic (exact) mass is 298 g/mol. The summed E-state index contributed by atoms with van der Waals surface area (Å²) in [6, 6.07) is 0. The molecule has 1 heterocycles. The van der Waals surface area contributed by atoms with Crippen molar-refractivity contribution >= 4 is 0 Å². The predicted molar refractivity (Wildman–Crippen MR) is 86.4 cm³/mol. The van der Waals surface area contributed by atoms with Gasteiger partial charge in [-0.25, -0.2) is 0 Å². The van der Waals surface area contributed by atoms with Crippen LogP contribution < -0.4 is 5.32 Å². The van der Waals surface area contributed by atoms with Crippen LogP contribution in [0.1, 0.15) is 40.0 Å². The number of hydrogen-bond donors (Lipinski definition) is 2. The molecule has 0 amide bonds. The molecule has 0 bridgehead atoms. The highest BCUT2D eigenvalue weighted by molar-refractivity contribution is 4.82. The largest absolute Gasteiger partial charge is 0.389 e. The van der Waals surface area contributed by atoms with Crippen molar-refractivity contribution < 1.29 is 9.84 Å². The van der Waals surface area contributed by atoms with Crippen molar-refractivity contribution in [2.75, 3.05) is 39.3 Å². The molecule has 2 aliphatic rings. The van der Waals surface area contributed by atoms with Gasteiger partial charge in [-0.15, -0.1) is 0 Å². The quantitative estimate of drug-likeness (QED) is 0.784. The molecule has 4 unspecified atom stereocenters. The van der Waals surface area contributed by atoms with Crippen LogP contribution in [-0.2, 0) is 4.74 Å². The molecule has 2 rings (SSSR count). The van der Waals surface area contributed by atoms with E-state index in [4.69, 9.17) is 4.74 Å². The van der Waals surface area contributed by atoms with Gasteiger partial charge in [0, 0.05) is 32.7 Å². The van der Waals surface area contributed by atoms with Crippen molar-refractivity contribution in [1.82, 2.24) is 10.2 Å². The molecule has 0 aromatic rings. The zero-order valence-corrected chi connectivity index (χ0v) is 14.1. The Hall–Kier alpha value is -0.160. The molecular weight excluding hydrogens is 264 g/mol. The highest BCUT2D eigenvalue weighted by atomic mass is 16.5. The molecule has 4 nitrogen and oxygen atoms in total. The standard InChI is InChI=1S/C17H34N2O2/c1-13(2)16-5-4-14(3)10-17(16)21-12-15(20)11-19-8-6-18-7-9-19/h13-18,20H,4-12H2,1-3H3. The van der Waals surface area contributed by atoms with Crippen molar-refractivity contribution in [2.24, 2.45) is 17.8 Å². The second-order valence-electron chi connectivity index (χ2n) is 7.40. The molecule has 1 aliphatic carbocycles. The number of rotatable bonds is 6. The Bertz CT molecular complexity index is 293. The third-order valence-electron chi connectivity index (χ3n) is 5.14. The Labute approximate surface area is 130 Å². The number of piperazine rings is 1. The topological polar surface area (TPSA) is 44.7 Å². The number of nitrogens with one attached hydrogen (secondary N) is 1. The maximum absolute atomic E-state index is 10.2. The molecule has 4 heteroatoms. The van der Waals surface area contributed by atoms with Crippen LogP contribution in [0.5, 0.6) is 0 Å². The summed E-state index contributed by atoms with van der Waals surface area (Å²) in [5.74, 6) is 2.09. The molecule has 21 heavy (non-hydrogen) atoms. The van der Waals surface area contributed by atoms with Gasteiger partial charge in [-0.05, 0) is 30.6 Å². The lowest BCUT2D eigenvalue weighted by Gasteiger charge is -2.38. The van der Waals surface area contributed by atoms with Gasteiger partial charge in [-0.1, -0.05) is 27.2 Å². The van der Waals surface area contributed by atoms with E-state index in [-0.39, 0.29) is 6.10 Å². The smallest absolute Gasteiger partial charge is 0.0900 e. The summed E-state index contributed by atoms with van der Waals surface area (Å²) in [5.41, 5.74) is 0. The fraction of sp³-hybridized carbons (Fsp3) is 1.00. The molecule has 1 saturated carbocycles. The van der Waals surface area contributed by atoms with Crippen LogP contribution in [0, 0.1) is 17.8 Å². The molecule has 0 spiro atoms. The van der Waals surface area contributed by atoms with Crippen LogP contribution in [0.4, 0.5) is 0 Å². The van der Waals surface area contributed by atoms with E-state index in [1.165, 1.54) is 12.8 Å². The Kier molecular flexibility index (Phi) is 6.93. The van der Waals surface area contributed by atoms with Crippen molar-refractivity contribution in [3.8, 4) is 0 Å². The number of hydrogen-bond acceptors (Lipinski definition) is 4. The lowest BCUT2D eigenvalue weighted by molar-refractivity contribution is -0.0742. The molecule has 0 aromatic heterocycles. The second kappa shape index (κ2) is 8.47. The maximum Gasteiger partial charge on any atom is 0.0900 e. The first kappa shape index (κ1) is 17.2. The van der Waals surface area contributed by atoms with Crippen LogP contribution in [0.15, 0.2) is 0 Å². The average Bonchev–Trinajstić information content (AvgIpc) is 2.46. The zero-order chi connectivity index (χ0) is 15.2. The molecule has 1 saturated heterocycles. The number of β-amino-alcohol motifs (C(OH)–C–C–N with tert-alkyl or cyclic N) is 1. The predicted octanol–water partition coefficient (Wildman–Crippen LogP) is 1.73. The molecule has 2 fully saturated rings. The first-order chi connectivity index (χ1) is 10.1. The van der Waals surface area contributed by atoms with E-state index in [1.807, 2.05) is 0 Å².